The molecule has 0 radical (unpaired) electrons. The second-order valence-electron chi connectivity index (χ2n) is 27.9. The van der Waals surface area contributed by atoms with E-state index in [1.807, 2.05) is 0 Å². The maximum Gasteiger partial charge on any atom is 0.220 e. The lowest BCUT2D eigenvalue weighted by atomic mass is 9.99. The van der Waals surface area contributed by atoms with Crippen LogP contribution in [0.25, 0.3) is 0 Å². The first-order valence-corrected chi connectivity index (χ1v) is 39.4. The van der Waals surface area contributed by atoms with Gasteiger partial charge in [0.2, 0.25) is 5.91 Å². The van der Waals surface area contributed by atoms with Gasteiger partial charge >= 0.3 is 0 Å². The summed E-state index contributed by atoms with van der Waals surface area (Å²) < 4.78 is 11.4. The van der Waals surface area contributed by atoms with Crippen molar-refractivity contribution in [3.8, 4) is 0 Å². The third-order valence-electron chi connectivity index (χ3n) is 19.4. The van der Waals surface area contributed by atoms with Crippen LogP contribution < -0.4 is 5.32 Å². The first kappa shape index (κ1) is 83.9. The minimum Gasteiger partial charge on any atom is -0.394 e. The van der Waals surface area contributed by atoms with E-state index in [-0.39, 0.29) is 12.5 Å². The number of aliphatic hydroxyl groups excluding tert-OH is 5. The Hall–Kier alpha value is -1.07. The number of carbonyl (C=O) groups is 1. The number of unbranched alkanes of at least 4 members (excludes halogenated alkanes) is 59. The average molecular weight is 1230 g/mol. The van der Waals surface area contributed by atoms with Crippen LogP contribution in [0.15, 0.2) is 12.2 Å². The van der Waals surface area contributed by atoms with Crippen LogP contribution >= 0.6 is 0 Å². The molecule has 0 spiro atoms. The average Bonchev–Trinajstić information content (AvgIpc) is 3.38. The van der Waals surface area contributed by atoms with Crippen molar-refractivity contribution in [2.75, 3.05) is 13.2 Å². The maximum atomic E-state index is 13.2. The molecular weight excluding hydrogens is 1080 g/mol. The number of rotatable bonds is 71. The van der Waals surface area contributed by atoms with Crippen LogP contribution in [0, 0.1) is 0 Å². The molecule has 1 heterocycles. The van der Waals surface area contributed by atoms with Crippen molar-refractivity contribution in [1.82, 2.24) is 5.32 Å². The molecule has 9 heteroatoms. The van der Waals surface area contributed by atoms with Gasteiger partial charge < -0.3 is 40.3 Å². The summed E-state index contributed by atoms with van der Waals surface area (Å²) in [7, 11) is 0. The number of aliphatic hydroxyl groups is 5. The number of amides is 1. The fourth-order valence-corrected chi connectivity index (χ4v) is 13.2. The van der Waals surface area contributed by atoms with Crippen molar-refractivity contribution < 1.29 is 39.8 Å². The van der Waals surface area contributed by atoms with E-state index in [1.165, 1.54) is 360 Å². The summed E-state index contributed by atoms with van der Waals surface area (Å²) in [6.45, 7) is 3.91. The molecule has 6 N–H and O–H groups in total. The highest BCUT2D eigenvalue weighted by molar-refractivity contribution is 5.76. The van der Waals surface area contributed by atoms with Crippen molar-refractivity contribution in [2.45, 2.75) is 468 Å². The van der Waals surface area contributed by atoms with Crippen molar-refractivity contribution >= 4 is 5.91 Å². The van der Waals surface area contributed by atoms with Gasteiger partial charge in [0.05, 0.1) is 25.4 Å². The van der Waals surface area contributed by atoms with E-state index in [2.05, 4.69) is 31.3 Å². The van der Waals surface area contributed by atoms with Crippen LogP contribution in [0.2, 0.25) is 0 Å². The molecule has 7 unspecified atom stereocenters. The molecule has 87 heavy (non-hydrogen) atoms. The van der Waals surface area contributed by atoms with E-state index in [9.17, 15) is 30.3 Å². The van der Waals surface area contributed by atoms with Gasteiger partial charge in [-0.2, -0.15) is 0 Å². The summed E-state index contributed by atoms with van der Waals surface area (Å²) in [5.41, 5.74) is 0. The summed E-state index contributed by atoms with van der Waals surface area (Å²) in [6.07, 6.45) is 81.8. The van der Waals surface area contributed by atoms with Crippen molar-refractivity contribution in [1.29, 1.82) is 0 Å². The van der Waals surface area contributed by atoms with Gasteiger partial charge in [0.1, 0.15) is 24.4 Å². The van der Waals surface area contributed by atoms with Crippen LogP contribution in [-0.4, -0.2) is 87.5 Å². The summed E-state index contributed by atoms with van der Waals surface area (Å²) in [6, 6.07) is -0.718. The third-order valence-corrected chi connectivity index (χ3v) is 19.4. The minimum atomic E-state index is -1.55. The quantitative estimate of drug-likeness (QED) is 0.0261. The number of carbonyl (C=O) groups excluding carboxylic acids is 1. The summed E-state index contributed by atoms with van der Waals surface area (Å²) in [4.78, 5) is 13.2. The molecule has 0 saturated carbocycles. The molecule has 0 aromatic rings. The van der Waals surface area contributed by atoms with Gasteiger partial charge in [0, 0.05) is 6.42 Å². The van der Waals surface area contributed by atoms with E-state index in [1.54, 1.807) is 0 Å². The van der Waals surface area contributed by atoms with Crippen LogP contribution in [0.5, 0.6) is 0 Å². The molecule has 0 bridgehead atoms. The molecule has 1 aliphatic heterocycles. The normalized spacial score (nSPS) is 17.9. The third kappa shape index (κ3) is 56.2. The minimum absolute atomic E-state index is 0.132. The van der Waals surface area contributed by atoms with E-state index in [0.717, 1.165) is 38.5 Å². The monoisotopic (exact) mass is 1230 g/mol. The Labute approximate surface area is 541 Å². The molecule has 7 atom stereocenters. The summed E-state index contributed by atoms with van der Waals surface area (Å²) >= 11 is 0. The molecule has 518 valence electrons. The van der Waals surface area contributed by atoms with Crippen LogP contribution in [0.3, 0.4) is 0 Å². The predicted molar refractivity (Wildman–Crippen MR) is 374 cm³/mol. The van der Waals surface area contributed by atoms with Gasteiger partial charge in [-0.3, -0.25) is 4.79 Å². The van der Waals surface area contributed by atoms with Gasteiger partial charge in [0.25, 0.3) is 0 Å². The number of hydrogen-bond donors (Lipinski definition) is 6. The van der Waals surface area contributed by atoms with E-state index >= 15 is 0 Å². The zero-order valence-corrected chi connectivity index (χ0v) is 58.3. The molecule has 0 aromatic carbocycles. The zero-order valence-electron chi connectivity index (χ0n) is 58.3. The Bertz CT molecular complexity index is 1380. The molecular formula is C78H153NO8. The van der Waals surface area contributed by atoms with Gasteiger partial charge in [-0.25, -0.2) is 0 Å². The topological polar surface area (TPSA) is 149 Å². The van der Waals surface area contributed by atoms with Gasteiger partial charge in [-0.05, 0) is 38.5 Å². The number of ether oxygens (including phenoxy) is 2. The van der Waals surface area contributed by atoms with Crippen molar-refractivity contribution in [2.24, 2.45) is 0 Å². The molecule has 9 nitrogen and oxygen atoms in total. The Morgan fingerprint density at radius 1 is 0.379 bits per heavy atom. The largest absolute Gasteiger partial charge is 0.394 e. The van der Waals surface area contributed by atoms with Crippen LogP contribution in [-0.2, 0) is 14.3 Å². The highest BCUT2D eigenvalue weighted by Gasteiger charge is 2.44. The van der Waals surface area contributed by atoms with Crippen molar-refractivity contribution in [3.05, 3.63) is 12.2 Å². The Kier molecular flexibility index (Phi) is 65.4. The lowest BCUT2D eigenvalue weighted by Crippen LogP contribution is -2.60. The summed E-state index contributed by atoms with van der Waals surface area (Å²) in [5, 5.41) is 55.0. The Balaban J connectivity index is 2.03. The molecule has 1 amide bonds. The lowest BCUT2D eigenvalue weighted by Gasteiger charge is -2.40. The van der Waals surface area contributed by atoms with Crippen LogP contribution in [0.1, 0.15) is 425 Å². The zero-order chi connectivity index (χ0) is 62.8. The number of allylic oxidation sites excluding steroid dienone is 2. The number of nitrogens with one attached hydrogen (secondary N) is 1. The SMILES string of the molecule is CCCCCCCCCCCCCCCCCCCC/C=C\CCCCCCCCCCCCCCCCCCCC(=O)NC(COC1OC(CO)C(O)C(O)C1O)C(O)CCCCCCCCCCCCCCCCCCCCCCCCCCC. The first-order chi connectivity index (χ1) is 42.8. The fraction of sp³-hybridized carbons (Fsp3) is 0.962. The molecule has 0 aliphatic carbocycles. The van der Waals surface area contributed by atoms with E-state index in [0.29, 0.717) is 12.8 Å². The lowest BCUT2D eigenvalue weighted by molar-refractivity contribution is -0.302. The van der Waals surface area contributed by atoms with E-state index < -0.39 is 49.5 Å². The molecule has 1 saturated heterocycles. The molecule has 1 fully saturated rings. The highest BCUT2D eigenvalue weighted by atomic mass is 16.7. The second kappa shape index (κ2) is 67.8. The van der Waals surface area contributed by atoms with Gasteiger partial charge in [0.15, 0.2) is 6.29 Å². The van der Waals surface area contributed by atoms with Crippen LogP contribution in [0.4, 0.5) is 0 Å². The van der Waals surface area contributed by atoms with Crippen molar-refractivity contribution in [3.63, 3.8) is 0 Å². The van der Waals surface area contributed by atoms with E-state index in [4.69, 9.17) is 9.47 Å². The maximum absolute atomic E-state index is 13.2. The Morgan fingerprint density at radius 2 is 0.644 bits per heavy atom. The molecule has 0 aromatic heterocycles. The predicted octanol–water partition coefficient (Wildman–Crippen LogP) is 22.2. The fourth-order valence-electron chi connectivity index (χ4n) is 13.2. The molecule has 1 rings (SSSR count). The second-order valence-corrected chi connectivity index (χ2v) is 27.9. The Morgan fingerprint density at radius 3 is 0.931 bits per heavy atom. The highest BCUT2D eigenvalue weighted by Crippen LogP contribution is 2.24. The molecule has 1 aliphatic rings. The summed E-state index contributed by atoms with van der Waals surface area (Å²) in [5.74, 6) is -0.134. The number of hydrogen-bond acceptors (Lipinski definition) is 8. The van der Waals surface area contributed by atoms with Gasteiger partial charge in [-0.1, -0.05) is 392 Å². The first-order valence-electron chi connectivity index (χ1n) is 39.4. The standard InChI is InChI=1S/C78H153NO8/c1-3-5-7-9-11-13-15-17-19-21-23-25-27-29-30-31-32-33-34-35-36-37-38-39-40-41-42-44-46-48-50-52-54-56-58-60-62-64-66-68-74(82)79-71(70-86-78-77(85)76(84)75(83)73(69-80)87-78)72(81)67-65-63-61-59-57-55-53-51-49-47-45-43-28-26-24-22-20-18-16-14-12-10-8-6-4-2/h35-36,71-73,75-78,80-81,83-85H,3-34,37-70H2,1-2H3,(H,79,82)/b36-35-. The van der Waals surface area contributed by atoms with Gasteiger partial charge in [-0.15, -0.1) is 0 Å². The smallest absolute Gasteiger partial charge is 0.220 e.